The summed E-state index contributed by atoms with van der Waals surface area (Å²) >= 11 is 0. The summed E-state index contributed by atoms with van der Waals surface area (Å²) in [6.45, 7) is 2.81. The molecule has 180 valence electrons. The van der Waals surface area contributed by atoms with Crippen LogP contribution >= 0.6 is 0 Å². The van der Waals surface area contributed by atoms with E-state index >= 15 is 0 Å². The van der Waals surface area contributed by atoms with Gasteiger partial charge in [-0.1, -0.05) is 24.3 Å². The lowest BCUT2D eigenvalue weighted by Gasteiger charge is -2.18. The van der Waals surface area contributed by atoms with E-state index in [2.05, 4.69) is 20.9 Å². The molecule has 0 saturated heterocycles. The molecule has 3 aromatic carbocycles. The fourth-order valence-electron chi connectivity index (χ4n) is 3.69. The third-order valence-corrected chi connectivity index (χ3v) is 5.62. The number of aryl methyl sites for hydroxylation is 1. The number of amides is 2. The molecule has 0 aliphatic carbocycles. The molecule has 8 heteroatoms. The molecule has 0 bridgehead atoms. The van der Waals surface area contributed by atoms with Gasteiger partial charge >= 0.3 is 0 Å². The van der Waals surface area contributed by atoms with Crippen LogP contribution < -0.4 is 25.4 Å². The van der Waals surface area contributed by atoms with Gasteiger partial charge in [0.15, 0.2) is 11.5 Å². The van der Waals surface area contributed by atoms with Crippen LogP contribution in [-0.2, 0) is 0 Å². The molecule has 2 heterocycles. The molecule has 5 rings (SSSR count). The highest BCUT2D eigenvalue weighted by Crippen LogP contribution is 2.31. The SMILES string of the molecule is Cc1ccc(NC(=O)c2ccc3c(c2)OCCO3)cc1NC(=O)c1ccc(Nc2ccccc2)nc1. The van der Waals surface area contributed by atoms with Gasteiger partial charge in [0.1, 0.15) is 19.0 Å². The second-order valence-corrected chi connectivity index (χ2v) is 8.22. The number of carbonyl (C=O) groups excluding carboxylic acids is 2. The predicted octanol–water partition coefficient (Wildman–Crippen LogP) is 5.41. The molecule has 0 atom stereocenters. The number of benzene rings is 3. The van der Waals surface area contributed by atoms with Gasteiger partial charge in [-0.25, -0.2) is 4.98 Å². The third kappa shape index (κ3) is 5.28. The van der Waals surface area contributed by atoms with Crippen LogP contribution in [-0.4, -0.2) is 30.0 Å². The normalized spacial score (nSPS) is 11.9. The average Bonchev–Trinajstić information content (AvgIpc) is 2.91. The van der Waals surface area contributed by atoms with Gasteiger partial charge in [0.25, 0.3) is 11.8 Å². The Morgan fingerprint density at radius 3 is 2.28 bits per heavy atom. The summed E-state index contributed by atoms with van der Waals surface area (Å²) in [5, 5.41) is 8.96. The Kier molecular flexibility index (Phi) is 6.48. The molecule has 0 saturated carbocycles. The maximum Gasteiger partial charge on any atom is 0.257 e. The minimum Gasteiger partial charge on any atom is -0.486 e. The van der Waals surface area contributed by atoms with Crippen molar-refractivity contribution in [3.05, 3.63) is 102 Å². The highest BCUT2D eigenvalue weighted by atomic mass is 16.6. The zero-order valence-electron chi connectivity index (χ0n) is 19.6. The highest BCUT2D eigenvalue weighted by Gasteiger charge is 2.16. The number of rotatable bonds is 6. The average molecular weight is 481 g/mol. The Bertz CT molecular complexity index is 1410. The Hall–Kier alpha value is -4.85. The molecule has 2 amide bonds. The molecule has 3 N–H and O–H groups in total. The standard InChI is InChI=1S/C28H24N4O4/c1-18-7-10-22(31-27(33)19-8-11-24-25(15-19)36-14-13-35-24)16-23(18)32-28(34)20-9-12-26(29-17-20)30-21-5-3-2-4-6-21/h2-12,15-17H,13-14H2,1H3,(H,29,30)(H,31,33)(H,32,34). The van der Waals surface area contributed by atoms with Crippen molar-refractivity contribution >= 4 is 34.7 Å². The van der Waals surface area contributed by atoms with Crippen LogP contribution in [0.4, 0.5) is 22.9 Å². The van der Waals surface area contributed by atoms with Gasteiger partial charge in [0.05, 0.1) is 5.56 Å². The molecule has 0 fully saturated rings. The van der Waals surface area contributed by atoms with E-state index in [0.717, 1.165) is 11.3 Å². The molecule has 36 heavy (non-hydrogen) atoms. The maximum atomic E-state index is 12.8. The first-order valence-electron chi connectivity index (χ1n) is 11.5. The molecule has 8 nitrogen and oxygen atoms in total. The van der Waals surface area contributed by atoms with E-state index in [-0.39, 0.29) is 11.8 Å². The number of hydrogen-bond donors (Lipinski definition) is 3. The fraction of sp³-hybridized carbons (Fsp3) is 0.107. The van der Waals surface area contributed by atoms with E-state index in [1.807, 2.05) is 43.3 Å². The quantitative estimate of drug-likeness (QED) is 0.341. The lowest BCUT2D eigenvalue weighted by atomic mass is 10.1. The van der Waals surface area contributed by atoms with Crippen LogP contribution in [0.1, 0.15) is 26.3 Å². The number of pyridine rings is 1. The number of aromatic nitrogens is 1. The summed E-state index contributed by atoms with van der Waals surface area (Å²) in [4.78, 5) is 30.0. The van der Waals surface area contributed by atoms with Gasteiger partial charge in [-0.3, -0.25) is 9.59 Å². The van der Waals surface area contributed by atoms with Crippen LogP contribution in [0, 0.1) is 6.92 Å². The number of hydrogen-bond acceptors (Lipinski definition) is 6. The summed E-state index contributed by atoms with van der Waals surface area (Å²) in [6, 6.07) is 23.5. The Morgan fingerprint density at radius 2 is 1.50 bits per heavy atom. The first-order chi connectivity index (χ1) is 17.5. The van der Waals surface area contributed by atoms with Gasteiger partial charge < -0.3 is 25.4 Å². The zero-order chi connectivity index (χ0) is 24.9. The van der Waals surface area contributed by atoms with Gasteiger partial charge in [0, 0.05) is 28.8 Å². The summed E-state index contributed by atoms with van der Waals surface area (Å²) in [6.07, 6.45) is 1.52. The second-order valence-electron chi connectivity index (χ2n) is 8.22. The van der Waals surface area contributed by atoms with Crippen molar-refractivity contribution in [2.24, 2.45) is 0 Å². The van der Waals surface area contributed by atoms with Crippen molar-refractivity contribution in [1.29, 1.82) is 0 Å². The van der Waals surface area contributed by atoms with Gasteiger partial charge in [-0.15, -0.1) is 0 Å². The van der Waals surface area contributed by atoms with Crippen LogP contribution in [0.25, 0.3) is 0 Å². The monoisotopic (exact) mass is 480 g/mol. The molecule has 0 unspecified atom stereocenters. The van der Waals surface area contributed by atoms with E-state index < -0.39 is 0 Å². The number of para-hydroxylation sites is 1. The predicted molar refractivity (Wildman–Crippen MR) is 138 cm³/mol. The van der Waals surface area contributed by atoms with Crippen molar-refractivity contribution < 1.29 is 19.1 Å². The van der Waals surface area contributed by atoms with E-state index in [1.165, 1.54) is 6.20 Å². The molecule has 0 spiro atoms. The highest BCUT2D eigenvalue weighted by molar-refractivity contribution is 6.07. The fourth-order valence-corrected chi connectivity index (χ4v) is 3.69. The van der Waals surface area contributed by atoms with Gasteiger partial charge in [-0.2, -0.15) is 0 Å². The van der Waals surface area contributed by atoms with E-state index in [4.69, 9.17) is 9.47 Å². The number of nitrogens with one attached hydrogen (secondary N) is 3. The van der Waals surface area contributed by atoms with Crippen LogP contribution in [0.5, 0.6) is 11.5 Å². The van der Waals surface area contributed by atoms with Gasteiger partial charge in [0.2, 0.25) is 0 Å². The smallest absolute Gasteiger partial charge is 0.257 e. The Labute approximate surface area is 208 Å². The number of carbonyl (C=O) groups is 2. The van der Waals surface area contributed by atoms with Crippen molar-refractivity contribution in [3.8, 4) is 11.5 Å². The lowest BCUT2D eigenvalue weighted by molar-refractivity contribution is 0.101. The van der Waals surface area contributed by atoms with E-state index in [1.54, 1.807) is 42.5 Å². The number of anilines is 4. The van der Waals surface area contributed by atoms with Gasteiger partial charge in [-0.05, 0) is 67.1 Å². The zero-order valence-corrected chi connectivity index (χ0v) is 19.6. The Morgan fingerprint density at radius 1 is 0.750 bits per heavy atom. The van der Waals surface area contributed by atoms with Crippen LogP contribution in [0.15, 0.2) is 85.1 Å². The first kappa shape index (κ1) is 22.9. The Balaban J connectivity index is 1.25. The van der Waals surface area contributed by atoms with Crippen molar-refractivity contribution in [2.45, 2.75) is 6.92 Å². The maximum absolute atomic E-state index is 12.8. The molecule has 1 aliphatic heterocycles. The summed E-state index contributed by atoms with van der Waals surface area (Å²) < 4.78 is 11.1. The molecular weight excluding hydrogens is 456 g/mol. The van der Waals surface area contributed by atoms with Crippen LogP contribution in [0.3, 0.4) is 0 Å². The molecular formula is C28H24N4O4. The second kappa shape index (κ2) is 10.2. The summed E-state index contributed by atoms with van der Waals surface area (Å²) in [5.41, 5.74) is 3.77. The van der Waals surface area contributed by atoms with Crippen molar-refractivity contribution in [1.82, 2.24) is 4.98 Å². The van der Waals surface area contributed by atoms with Crippen LogP contribution in [0.2, 0.25) is 0 Å². The lowest BCUT2D eigenvalue weighted by Crippen LogP contribution is -2.17. The molecule has 4 aromatic rings. The molecule has 1 aliphatic rings. The largest absolute Gasteiger partial charge is 0.486 e. The van der Waals surface area contributed by atoms with Crippen molar-refractivity contribution in [2.75, 3.05) is 29.2 Å². The third-order valence-electron chi connectivity index (χ3n) is 5.62. The van der Waals surface area contributed by atoms with Crippen molar-refractivity contribution in [3.63, 3.8) is 0 Å². The topological polar surface area (TPSA) is 102 Å². The number of nitrogens with zero attached hydrogens (tertiary/aromatic N) is 1. The van der Waals surface area contributed by atoms with E-state index in [0.29, 0.717) is 53.0 Å². The summed E-state index contributed by atoms with van der Waals surface area (Å²) in [5.74, 6) is 1.21. The number of ether oxygens (including phenoxy) is 2. The minimum atomic E-state index is -0.299. The number of fused-ring (bicyclic) bond motifs is 1. The summed E-state index contributed by atoms with van der Waals surface area (Å²) in [7, 11) is 0. The van der Waals surface area contributed by atoms with E-state index in [9.17, 15) is 9.59 Å². The molecule has 1 aromatic heterocycles. The molecule has 0 radical (unpaired) electrons. The minimum absolute atomic E-state index is 0.293. The first-order valence-corrected chi connectivity index (χ1v) is 11.5.